The fraction of sp³-hybridized carbons (Fsp3) is 0.0769. The second kappa shape index (κ2) is 3.54. The van der Waals surface area contributed by atoms with Gasteiger partial charge in [-0.2, -0.15) is 0 Å². The Balaban J connectivity index is 2.74. The molecule has 0 aromatic heterocycles. The minimum atomic E-state index is 0.862. The Morgan fingerprint density at radius 1 is 1.07 bits per heavy atom. The van der Waals surface area contributed by atoms with Crippen LogP contribution in [0.1, 0.15) is 5.56 Å². The lowest BCUT2D eigenvalue weighted by Crippen LogP contribution is -1.84. The molecule has 70 valence electrons. The molecule has 0 bridgehead atoms. The van der Waals surface area contributed by atoms with Gasteiger partial charge in [0.2, 0.25) is 0 Å². The monoisotopic (exact) mass is 184 g/mol. The first-order valence-electron chi connectivity index (χ1n) is 4.59. The van der Waals surface area contributed by atoms with E-state index in [1.54, 1.807) is 0 Å². The van der Waals surface area contributed by atoms with E-state index in [4.69, 9.17) is 4.74 Å². The Kier molecular flexibility index (Phi) is 2.23. The zero-order valence-electron chi connectivity index (χ0n) is 8.16. The van der Waals surface area contributed by atoms with Crippen molar-refractivity contribution < 1.29 is 4.74 Å². The normalized spacial score (nSPS) is 10.1. The molecule has 0 saturated carbocycles. The van der Waals surface area contributed by atoms with Crippen molar-refractivity contribution in [1.82, 2.24) is 0 Å². The van der Waals surface area contributed by atoms with Gasteiger partial charge in [-0.15, -0.1) is 0 Å². The lowest BCUT2D eigenvalue weighted by Gasteiger charge is -2.06. The van der Waals surface area contributed by atoms with E-state index in [1.165, 1.54) is 17.2 Å². The van der Waals surface area contributed by atoms with E-state index in [0.717, 1.165) is 11.1 Å². The summed E-state index contributed by atoms with van der Waals surface area (Å²) in [4.78, 5) is 0. The predicted molar refractivity (Wildman–Crippen MR) is 59.5 cm³/mol. The molecule has 0 aliphatic carbocycles. The zero-order chi connectivity index (χ0) is 9.97. The first kappa shape index (κ1) is 8.82. The molecular weight excluding hydrogens is 172 g/mol. The van der Waals surface area contributed by atoms with Crippen molar-refractivity contribution in [3.05, 3.63) is 54.8 Å². The first-order chi connectivity index (χ1) is 6.83. The Morgan fingerprint density at radius 3 is 2.57 bits per heavy atom. The molecule has 14 heavy (non-hydrogen) atoms. The van der Waals surface area contributed by atoms with Crippen LogP contribution in [-0.4, -0.2) is 0 Å². The van der Waals surface area contributed by atoms with Gasteiger partial charge in [0.05, 0.1) is 6.26 Å². The summed E-state index contributed by atoms with van der Waals surface area (Å²) in [5, 5.41) is 2.36. The molecular formula is C13H12O. The van der Waals surface area contributed by atoms with Gasteiger partial charge in [-0.05, 0) is 23.9 Å². The molecule has 0 aliphatic rings. The molecule has 1 nitrogen and oxygen atoms in total. The van der Waals surface area contributed by atoms with E-state index in [2.05, 4.69) is 31.7 Å². The smallest absolute Gasteiger partial charge is 0.134 e. The van der Waals surface area contributed by atoms with Gasteiger partial charge in [0.1, 0.15) is 5.75 Å². The van der Waals surface area contributed by atoms with Gasteiger partial charge in [-0.25, -0.2) is 0 Å². The van der Waals surface area contributed by atoms with Crippen molar-refractivity contribution in [2.75, 3.05) is 0 Å². The van der Waals surface area contributed by atoms with Gasteiger partial charge >= 0.3 is 0 Å². The largest absolute Gasteiger partial charge is 0.465 e. The quantitative estimate of drug-likeness (QED) is 0.647. The summed E-state index contributed by atoms with van der Waals surface area (Å²) in [6.45, 7) is 5.66. The lowest BCUT2D eigenvalue weighted by atomic mass is 10.1. The van der Waals surface area contributed by atoms with E-state index in [1.807, 2.05) is 18.2 Å². The Hall–Kier alpha value is -1.76. The fourth-order valence-electron chi connectivity index (χ4n) is 1.63. The van der Waals surface area contributed by atoms with Crippen LogP contribution in [0.2, 0.25) is 0 Å². The van der Waals surface area contributed by atoms with E-state index >= 15 is 0 Å². The number of ether oxygens (including phenoxy) is 1. The second-order valence-electron chi connectivity index (χ2n) is 3.21. The van der Waals surface area contributed by atoms with Crippen LogP contribution < -0.4 is 4.74 Å². The van der Waals surface area contributed by atoms with Crippen LogP contribution in [0.4, 0.5) is 0 Å². The molecule has 0 heterocycles. The molecule has 0 aliphatic heterocycles. The van der Waals surface area contributed by atoms with Gasteiger partial charge in [0.15, 0.2) is 0 Å². The van der Waals surface area contributed by atoms with Gasteiger partial charge in [0.25, 0.3) is 0 Å². The van der Waals surface area contributed by atoms with Crippen molar-refractivity contribution in [3.63, 3.8) is 0 Å². The number of hydrogen-bond donors (Lipinski definition) is 0. The van der Waals surface area contributed by atoms with Crippen molar-refractivity contribution in [1.29, 1.82) is 0 Å². The highest BCUT2D eigenvalue weighted by Gasteiger charge is 2.01. The summed E-state index contributed by atoms with van der Waals surface area (Å²) < 4.78 is 5.34. The van der Waals surface area contributed by atoms with Gasteiger partial charge < -0.3 is 4.74 Å². The van der Waals surface area contributed by atoms with Crippen LogP contribution in [0.15, 0.2) is 49.2 Å². The summed E-state index contributed by atoms with van der Waals surface area (Å²) in [5.74, 6) is 0.862. The average molecular weight is 184 g/mol. The van der Waals surface area contributed by atoms with Crippen LogP contribution in [0.3, 0.4) is 0 Å². The van der Waals surface area contributed by atoms with E-state index in [-0.39, 0.29) is 0 Å². The fourth-order valence-corrected chi connectivity index (χ4v) is 1.63. The van der Waals surface area contributed by atoms with Crippen LogP contribution in [-0.2, 0) is 0 Å². The minimum Gasteiger partial charge on any atom is -0.465 e. The van der Waals surface area contributed by atoms with Crippen LogP contribution in [0, 0.1) is 6.92 Å². The molecule has 1 heteroatoms. The number of rotatable bonds is 2. The van der Waals surface area contributed by atoms with Gasteiger partial charge in [-0.3, -0.25) is 0 Å². The van der Waals surface area contributed by atoms with Crippen LogP contribution in [0.25, 0.3) is 10.8 Å². The van der Waals surface area contributed by atoms with Crippen LogP contribution >= 0.6 is 0 Å². The standard InChI is InChI=1S/C13H12O/c1-3-14-13-9-5-7-11-10(2)6-4-8-12(11)13/h3-9H,1H2,2H3. The number of benzene rings is 2. The second-order valence-corrected chi connectivity index (χ2v) is 3.21. The molecule has 0 spiro atoms. The Labute approximate surface area is 83.6 Å². The highest BCUT2D eigenvalue weighted by molar-refractivity contribution is 5.90. The Bertz CT molecular complexity index is 472. The number of aryl methyl sites for hydroxylation is 1. The summed E-state index contributed by atoms with van der Waals surface area (Å²) in [5.41, 5.74) is 1.26. The topological polar surface area (TPSA) is 9.23 Å². The van der Waals surface area contributed by atoms with Crippen molar-refractivity contribution in [2.24, 2.45) is 0 Å². The molecule has 0 N–H and O–H groups in total. The third-order valence-corrected chi connectivity index (χ3v) is 2.31. The van der Waals surface area contributed by atoms with Gasteiger partial charge in [-0.1, -0.05) is 36.9 Å². The Morgan fingerprint density at radius 2 is 1.79 bits per heavy atom. The first-order valence-corrected chi connectivity index (χ1v) is 4.59. The molecule has 0 saturated heterocycles. The van der Waals surface area contributed by atoms with Crippen molar-refractivity contribution >= 4 is 10.8 Å². The number of hydrogen-bond acceptors (Lipinski definition) is 1. The maximum absolute atomic E-state index is 5.34. The maximum Gasteiger partial charge on any atom is 0.134 e. The van der Waals surface area contributed by atoms with Crippen molar-refractivity contribution in [3.8, 4) is 5.75 Å². The lowest BCUT2D eigenvalue weighted by molar-refractivity contribution is 0.489. The SMILES string of the molecule is C=COc1cccc2c(C)cccc12. The van der Waals surface area contributed by atoms with E-state index in [9.17, 15) is 0 Å². The third-order valence-electron chi connectivity index (χ3n) is 2.31. The zero-order valence-corrected chi connectivity index (χ0v) is 8.16. The molecule has 0 atom stereocenters. The molecule has 0 fully saturated rings. The summed E-state index contributed by atoms with van der Waals surface area (Å²) in [6.07, 6.45) is 1.46. The minimum absolute atomic E-state index is 0.862. The number of fused-ring (bicyclic) bond motifs is 1. The molecule has 0 amide bonds. The average Bonchev–Trinajstić information content (AvgIpc) is 2.20. The highest BCUT2D eigenvalue weighted by Crippen LogP contribution is 2.27. The van der Waals surface area contributed by atoms with Gasteiger partial charge in [0, 0.05) is 5.39 Å². The molecule has 0 unspecified atom stereocenters. The van der Waals surface area contributed by atoms with E-state index < -0.39 is 0 Å². The third kappa shape index (κ3) is 1.37. The highest BCUT2D eigenvalue weighted by atomic mass is 16.5. The maximum atomic E-state index is 5.34. The molecule has 0 radical (unpaired) electrons. The summed E-state index contributed by atoms with van der Waals surface area (Å²) in [7, 11) is 0. The van der Waals surface area contributed by atoms with Crippen LogP contribution in [0.5, 0.6) is 5.75 Å². The summed E-state index contributed by atoms with van der Waals surface area (Å²) in [6, 6.07) is 12.2. The predicted octanol–water partition coefficient (Wildman–Crippen LogP) is 3.67. The van der Waals surface area contributed by atoms with Crippen molar-refractivity contribution in [2.45, 2.75) is 6.92 Å². The van der Waals surface area contributed by atoms with E-state index in [0.29, 0.717) is 0 Å². The molecule has 2 aromatic carbocycles. The molecule has 2 aromatic rings. The molecule has 2 rings (SSSR count). The summed E-state index contributed by atoms with van der Waals surface area (Å²) >= 11 is 0.